The summed E-state index contributed by atoms with van der Waals surface area (Å²) in [5.41, 5.74) is 9.87. The molecule has 0 spiro atoms. The highest BCUT2D eigenvalue weighted by Crippen LogP contribution is 2.04. The second-order valence-corrected chi connectivity index (χ2v) is 3.97. The van der Waals surface area contributed by atoms with E-state index in [2.05, 4.69) is 29.7 Å². The number of nitrogens with one attached hydrogen (secondary N) is 1. The summed E-state index contributed by atoms with van der Waals surface area (Å²) >= 11 is 4.63. The van der Waals surface area contributed by atoms with Gasteiger partial charge >= 0.3 is 0 Å². The molecule has 0 fully saturated rings. The molecule has 0 saturated carbocycles. The molecule has 0 aliphatic heterocycles. The van der Waals surface area contributed by atoms with E-state index >= 15 is 0 Å². The number of rotatable bonds is 6. The Balaban J connectivity index is 2.44. The zero-order valence-corrected chi connectivity index (χ0v) is 10.7. The fourth-order valence-electron chi connectivity index (χ4n) is 1.20. The summed E-state index contributed by atoms with van der Waals surface area (Å²) in [6, 6.07) is 7.96. The number of nitrogens with two attached hydrogens (primary N) is 1. The Morgan fingerprint density at radius 2 is 2.18 bits per heavy atom. The first-order chi connectivity index (χ1) is 8.22. The largest absolute Gasteiger partial charge is 0.377 e. The minimum atomic E-state index is 0.158. The van der Waals surface area contributed by atoms with E-state index in [1.807, 2.05) is 24.3 Å². The van der Waals surface area contributed by atoms with Crippen LogP contribution in [0.3, 0.4) is 0 Å². The Kier molecular flexibility index (Phi) is 6.21. The lowest BCUT2D eigenvalue weighted by atomic mass is 10.1. The summed E-state index contributed by atoms with van der Waals surface area (Å²) in [5, 5.41) is 4.03. The van der Waals surface area contributed by atoms with Crippen LogP contribution in [-0.4, -0.2) is 17.9 Å². The highest BCUT2D eigenvalue weighted by atomic mass is 32.1. The van der Waals surface area contributed by atoms with Crippen molar-refractivity contribution in [2.24, 2.45) is 10.8 Å². The average Bonchev–Trinajstić information content (AvgIpc) is 2.31. The monoisotopic (exact) mass is 251 g/mol. The molecule has 5 heteroatoms. The topological polar surface area (TPSA) is 59.6 Å². The number of ether oxygens (including phenoxy) is 1. The lowest BCUT2D eigenvalue weighted by molar-refractivity contribution is 0.121. The first-order valence-corrected chi connectivity index (χ1v) is 5.88. The molecule has 3 N–H and O–H groups in total. The zero-order valence-electron chi connectivity index (χ0n) is 9.85. The lowest BCUT2D eigenvalue weighted by Gasteiger charge is -2.02. The van der Waals surface area contributed by atoms with Gasteiger partial charge < -0.3 is 10.5 Å². The van der Waals surface area contributed by atoms with Crippen LogP contribution in [-0.2, 0) is 11.3 Å². The van der Waals surface area contributed by atoms with Crippen LogP contribution in [0.5, 0.6) is 0 Å². The van der Waals surface area contributed by atoms with Crippen molar-refractivity contribution < 1.29 is 4.74 Å². The second kappa shape index (κ2) is 7.76. The van der Waals surface area contributed by atoms with E-state index in [0.717, 1.165) is 24.2 Å². The fraction of sp³-hybridized carbons (Fsp3) is 0.333. The van der Waals surface area contributed by atoms with Crippen molar-refractivity contribution in [3.63, 3.8) is 0 Å². The van der Waals surface area contributed by atoms with Gasteiger partial charge in [-0.1, -0.05) is 31.2 Å². The van der Waals surface area contributed by atoms with Crippen LogP contribution in [0.25, 0.3) is 0 Å². The lowest BCUT2D eigenvalue weighted by Crippen LogP contribution is -2.23. The molecule has 17 heavy (non-hydrogen) atoms. The predicted octanol–water partition coefficient (Wildman–Crippen LogP) is 1.78. The Bertz CT molecular complexity index is 376. The molecule has 0 aromatic heterocycles. The molecule has 0 atom stereocenters. The molecule has 0 aliphatic rings. The molecule has 92 valence electrons. The fourth-order valence-corrected chi connectivity index (χ4v) is 1.26. The minimum absolute atomic E-state index is 0.158. The van der Waals surface area contributed by atoms with Crippen molar-refractivity contribution in [3.8, 4) is 0 Å². The summed E-state index contributed by atoms with van der Waals surface area (Å²) in [4.78, 5) is 0. The van der Waals surface area contributed by atoms with E-state index in [-0.39, 0.29) is 5.11 Å². The molecule has 1 aromatic carbocycles. The van der Waals surface area contributed by atoms with Gasteiger partial charge in [0.05, 0.1) is 12.8 Å². The molecule has 1 rings (SSSR count). The van der Waals surface area contributed by atoms with E-state index in [1.54, 1.807) is 6.21 Å². The van der Waals surface area contributed by atoms with E-state index in [4.69, 9.17) is 10.5 Å². The van der Waals surface area contributed by atoms with Crippen molar-refractivity contribution in [1.82, 2.24) is 5.43 Å². The van der Waals surface area contributed by atoms with Crippen molar-refractivity contribution in [3.05, 3.63) is 35.4 Å². The number of nitrogens with zero attached hydrogens (tertiary/aromatic N) is 1. The van der Waals surface area contributed by atoms with Gasteiger partial charge in [0, 0.05) is 6.61 Å². The van der Waals surface area contributed by atoms with Crippen molar-refractivity contribution in [1.29, 1.82) is 0 Å². The van der Waals surface area contributed by atoms with Gasteiger partial charge in [-0.05, 0) is 29.8 Å². The predicted molar refractivity (Wildman–Crippen MR) is 73.9 cm³/mol. The van der Waals surface area contributed by atoms with Gasteiger partial charge in [0.25, 0.3) is 0 Å². The molecular weight excluding hydrogens is 234 g/mol. The molecule has 4 nitrogen and oxygen atoms in total. The first kappa shape index (κ1) is 13.6. The maximum atomic E-state index is 5.44. The molecule has 0 saturated heterocycles. The highest BCUT2D eigenvalue weighted by molar-refractivity contribution is 7.80. The molecule has 0 bridgehead atoms. The summed E-state index contributed by atoms with van der Waals surface area (Å²) in [7, 11) is 0. The van der Waals surface area contributed by atoms with E-state index in [1.165, 1.54) is 0 Å². The summed E-state index contributed by atoms with van der Waals surface area (Å²) in [6.07, 6.45) is 2.70. The van der Waals surface area contributed by atoms with Crippen LogP contribution in [0.4, 0.5) is 0 Å². The molecule has 0 unspecified atom stereocenters. The molecule has 1 aromatic rings. The van der Waals surface area contributed by atoms with Gasteiger partial charge in [0.15, 0.2) is 5.11 Å². The van der Waals surface area contributed by atoms with Crippen LogP contribution in [0.1, 0.15) is 24.5 Å². The third-order valence-corrected chi connectivity index (χ3v) is 2.08. The van der Waals surface area contributed by atoms with Crippen LogP contribution in [0.15, 0.2) is 29.4 Å². The number of hydrogen-bond donors (Lipinski definition) is 2. The number of benzene rings is 1. The van der Waals surface area contributed by atoms with Crippen molar-refractivity contribution in [2.45, 2.75) is 20.0 Å². The van der Waals surface area contributed by atoms with Gasteiger partial charge in [-0.15, -0.1) is 0 Å². The summed E-state index contributed by atoms with van der Waals surface area (Å²) in [6.45, 7) is 3.53. The van der Waals surface area contributed by atoms with Crippen molar-refractivity contribution >= 4 is 23.5 Å². The Hall–Kier alpha value is -1.46. The number of thiocarbonyl (C=S) groups is 1. The molecule has 0 heterocycles. The minimum Gasteiger partial charge on any atom is -0.377 e. The first-order valence-electron chi connectivity index (χ1n) is 5.47. The Morgan fingerprint density at radius 3 is 2.76 bits per heavy atom. The van der Waals surface area contributed by atoms with E-state index in [0.29, 0.717) is 6.61 Å². The smallest absolute Gasteiger partial charge is 0.184 e. The van der Waals surface area contributed by atoms with Crippen LogP contribution in [0, 0.1) is 0 Å². The normalized spacial score (nSPS) is 10.6. The highest BCUT2D eigenvalue weighted by Gasteiger charge is 1.93. The van der Waals surface area contributed by atoms with E-state index < -0.39 is 0 Å². The van der Waals surface area contributed by atoms with Gasteiger partial charge in [0.2, 0.25) is 0 Å². The zero-order chi connectivity index (χ0) is 12.5. The quantitative estimate of drug-likeness (QED) is 0.350. The van der Waals surface area contributed by atoms with Crippen LogP contribution in [0.2, 0.25) is 0 Å². The third-order valence-electron chi connectivity index (χ3n) is 1.99. The van der Waals surface area contributed by atoms with Crippen LogP contribution >= 0.6 is 12.2 Å². The van der Waals surface area contributed by atoms with Gasteiger partial charge in [0.1, 0.15) is 0 Å². The summed E-state index contributed by atoms with van der Waals surface area (Å²) < 4.78 is 5.44. The Morgan fingerprint density at radius 1 is 1.47 bits per heavy atom. The van der Waals surface area contributed by atoms with Gasteiger partial charge in [-0.25, -0.2) is 0 Å². The third kappa shape index (κ3) is 5.99. The summed E-state index contributed by atoms with van der Waals surface area (Å²) in [5.74, 6) is 0. The molecular formula is C12H17N3OS. The van der Waals surface area contributed by atoms with Gasteiger partial charge in [-0.3, -0.25) is 5.43 Å². The molecule has 0 aliphatic carbocycles. The molecule has 0 amide bonds. The standard InChI is InChI=1S/C12H17N3OS/c1-2-7-16-9-11-5-3-10(4-6-11)8-14-15-12(13)17/h3-6,8H,2,7,9H2,1H3,(H3,13,15,17). The number of hydrazone groups is 1. The Labute approximate surface area is 107 Å². The SMILES string of the molecule is CCCOCc1ccc(C=NNC(N)=S)cc1. The number of hydrogen-bond acceptors (Lipinski definition) is 3. The van der Waals surface area contributed by atoms with Gasteiger partial charge in [-0.2, -0.15) is 5.10 Å². The van der Waals surface area contributed by atoms with E-state index in [9.17, 15) is 0 Å². The van der Waals surface area contributed by atoms with Crippen molar-refractivity contribution in [2.75, 3.05) is 6.61 Å². The maximum Gasteiger partial charge on any atom is 0.184 e. The maximum absolute atomic E-state index is 5.44. The van der Waals surface area contributed by atoms with Crippen LogP contribution < -0.4 is 11.2 Å². The molecule has 0 radical (unpaired) electrons. The second-order valence-electron chi connectivity index (χ2n) is 3.53. The average molecular weight is 251 g/mol.